The zero-order valence-corrected chi connectivity index (χ0v) is 24.6. The molecule has 1 fully saturated rings. The summed E-state index contributed by atoms with van der Waals surface area (Å²) in [4.78, 5) is 29.5. The average Bonchev–Trinajstić information content (AvgIpc) is 3.09. The molecule has 6 rings (SSSR count). The molecule has 10 nitrogen and oxygen atoms in total. The van der Waals surface area contributed by atoms with Crippen LogP contribution in [-0.4, -0.2) is 66.4 Å². The molecule has 1 saturated heterocycles. The fourth-order valence-corrected chi connectivity index (χ4v) is 6.91. The number of carbonyl (C=O) groups is 1. The third-order valence-corrected chi connectivity index (χ3v) is 9.85. The minimum atomic E-state index is -3.58. The van der Waals surface area contributed by atoms with E-state index < -0.39 is 21.0 Å². The fourth-order valence-electron chi connectivity index (χ4n) is 5.37. The number of amides is 1. The Morgan fingerprint density at radius 1 is 1.00 bits per heavy atom. The van der Waals surface area contributed by atoms with Crippen LogP contribution in [0.1, 0.15) is 43.2 Å². The lowest BCUT2D eigenvalue weighted by Gasteiger charge is -2.36. The van der Waals surface area contributed by atoms with E-state index in [9.17, 15) is 13.2 Å². The highest BCUT2D eigenvalue weighted by Crippen LogP contribution is 2.32. The minimum absolute atomic E-state index is 0.0519. The number of hydrogen-bond donors (Lipinski definition) is 1. The van der Waals surface area contributed by atoms with E-state index in [-0.39, 0.29) is 35.0 Å². The summed E-state index contributed by atoms with van der Waals surface area (Å²) in [6.45, 7) is 7.82. The van der Waals surface area contributed by atoms with Gasteiger partial charge in [0.05, 0.1) is 53.2 Å². The molecule has 5 heterocycles. The SMILES string of the molecule is C[C@@H]1CN(c2cccc(-c3ccc4cnc(CNC(=O)c5ccc6c(c5)S(=O)(=O)[C@H](C)CCO6)cc4n3)n2)C[C@H](C)O1. The zero-order valence-electron chi connectivity index (χ0n) is 23.8. The van der Waals surface area contributed by atoms with Crippen molar-refractivity contribution in [2.24, 2.45) is 0 Å². The van der Waals surface area contributed by atoms with E-state index in [0.29, 0.717) is 18.7 Å². The number of nitrogens with zero attached hydrogens (tertiary/aromatic N) is 4. The van der Waals surface area contributed by atoms with Crippen molar-refractivity contribution >= 4 is 32.5 Å². The molecule has 42 heavy (non-hydrogen) atoms. The van der Waals surface area contributed by atoms with E-state index in [0.717, 1.165) is 41.2 Å². The van der Waals surface area contributed by atoms with Gasteiger partial charge in [0, 0.05) is 30.2 Å². The third kappa shape index (κ3) is 5.66. The van der Waals surface area contributed by atoms with E-state index in [1.807, 2.05) is 36.4 Å². The highest BCUT2D eigenvalue weighted by molar-refractivity contribution is 7.92. The van der Waals surface area contributed by atoms with Crippen molar-refractivity contribution in [2.45, 2.75) is 56.1 Å². The second-order valence-corrected chi connectivity index (χ2v) is 13.3. The van der Waals surface area contributed by atoms with Gasteiger partial charge >= 0.3 is 0 Å². The highest BCUT2D eigenvalue weighted by atomic mass is 32.2. The number of benzene rings is 1. The van der Waals surface area contributed by atoms with Crippen molar-refractivity contribution in [2.75, 3.05) is 24.6 Å². The van der Waals surface area contributed by atoms with Gasteiger partial charge in [0.15, 0.2) is 9.84 Å². The largest absolute Gasteiger partial charge is 0.492 e. The molecule has 11 heteroatoms. The lowest BCUT2D eigenvalue weighted by molar-refractivity contribution is -0.00545. The molecule has 1 aromatic carbocycles. The summed E-state index contributed by atoms with van der Waals surface area (Å²) in [6.07, 6.45) is 2.39. The number of pyridine rings is 3. The van der Waals surface area contributed by atoms with Crippen LogP contribution in [0, 0.1) is 0 Å². The van der Waals surface area contributed by atoms with Crippen molar-refractivity contribution < 1.29 is 22.7 Å². The maximum atomic E-state index is 13.0. The van der Waals surface area contributed by atoms with Crippen molar-refractivity contribution in [1.29, 1.82) is 0 Å². The van der Waals surface area contributed by atoms with Gasteiger partial charge < -0.3 is 19.7 Å². The number of fused-ring (bicyclic) bond motifs is 2. The van der Waals surface area contributed by atoms with Gasteiger partial charge in [-0.1, -0.05) is 6.07 Å². The van der Waals surface area contributed by atoms with E-state index in [1.165, 1.54) is 6.07 Å². The van der Waals surface area contributed by atoms with Gasteiger partial charge in [-0.2, -0.15) is 0 Å². The first-order valence-corrected chi connectivity index (χ1v) is 15.6. The quantitative estimate of drug-likeness (QED) is 0.366. The summed E-state index contributed by atoms with van der Waals surface area (Å²) in [5.41, 5.74) is 3.10. The average molecular weight is 588 g/mol. The number of nitrogens with one attached hydrogen (secondary N) is 1. The Labute approximate surface area is 245 Å². The summed E-state index contributed by atoms with van der Waals surface area (Å²) in [7, 11) is -3.58. The van der Waals surface area contributed by atoms with Crippen LogP contribution >= 0.6 is 0 Å². The maximum Gasteiger partial charge on any atom is 0.251 e. The number of carbonyl (C=O) groups excluding carboxylic acids is 1. The second kappa shape index (κ2) is 11.3. The molecule has 1 amide bonds. The first-order valence-electron chi connectivity index (χ1n) is 14.1. The zero-order chi connectivity index (χ0) is 29.4. The summed E-state index contributed by atoms with van der Waals surface area (Å²) in [6, 6.07) is 16.2. The Hall–Kier alpha value is -4.09. The van der Waals surface area contributed by atoms with Gasteiger partial charge in [0.2, 0.25) is 0 Å². The molecule has 0 bridgehead atoms. The second-order valence-electron chi connectivity index (χ2n) is 10.9. The van der Waals surface area contributed by atoms with Gasteiger partial charge in [-0.05, 0) is 75.7 Å². The first kappa shape index (κ1) is 28.0. The van der Waals surface area contributed by atoms with Crippen LogP contribution in [0.3, 0.4) is 0 Å². The van der Waals surface area contributed by atoms with Crippen molar-refractivity contribution in [3.05, 3.63) is 72.1 Å². The van der Waals surface area contributed by atoms with Crippen LogP contribution in [0.15, 0.2) is 65.7 Å². The number of rotatable bonds is 5. The Morgan fingerprint density at radius 3 is 2.60 bits per heavy atom. The van der Waals surface area contributed by atoms with Crippen molar-refractivity contribution in [3.8, 4) is 17.1 Å². The Morgan fingerprint density at radius 2 is 1.79 bits per heavy atom. The van der Waals surface area contributed by atoms with E-state index in [4.69, 9.17) is 19.4 Å². The molecule has 218 valence electrons. The van der Waals surface area contributed by atoms with Gasteiger partial charge in [0.25, 0.3) is 5.91 Å². The molecule has 0 saturated carbocycles. The molecular weight excluding hydrogens is 554 g/mol. The van der Waals surface area contributed by atoms with Crippen molar-refractivity contribution in [1.82, 2.24) is 20.3 Å². The van der Waals surface area contributed by atoms with E-state index in [1.54, 1.807) is 25.3 Å². The Balaban J connectivity index is 1.19. The molecule has 4 aromatic rings. The predicted octanol–water partition coefficient (Wildman–Crippen LogP) is 4.18. The summed E-state index contributed by atoms with van der Waals surface area (Å²) in [5.74, 6) is 0.769. The number of aromatic nitrogens is 3. The molecule has 0 unspecified atom stereocenters. The van der Waals surface area contributed by atoms with Crippen LogP contribution in [0.25, 0.3) is 22.3 Å². The normalized spacial score (nSPS) is 21.7. The van der Waals surface area contributed by atoms with E-state index in [2.05, 4.69) is 29.0 Å². The summed E-state index contributed by atoms with van der Waals surface area (Å²) >= 11 is 0. The summed E-state index contributed by atoms with van der Waals surface area (Å²) < 4.78 is 37.3. The van der Waals surface area contributed by atoms with Gasteiger partial charge in [0.1, 0.15) is 16.5 Å². The molecule has 0 aliphatic carbocycles. The third-order valence-electron chi connectivity index (χ3n) is 7.62. The van der Waals surface area contributed by atoms with Crippen LogP contribution < -0.4 is 15.0 Å². The number of morpholine rings is 1. The number of anilines is 1. The molecule has 2 aliphatic rings. The molecular formula is C31H33N5O5S. The lowest BCUT2D eigenvalue weighted by atomic mass is 10.1. The smallest absolute Gasteiger partial charge is 0.251 e. The predicted molar refractivity (Wildman–Crippen MR) is 159 cm³/mol. The maximum absolute atomic E-state index is 13.0. The fraction of sp³-hybridized carbons (Fsp3) is 0.355. The number of hydrogen-bond acceptors (Lipinski definition) is 9. The molecule has 0 spiro atoms. The lowest BCUT2D eigenvalue weighted by Crippen LogP contribution is -2.45. The van der Waals surface area contributed by atoms with E-state index >= 15 is 0 Å². The standard InChI is InChI=1S/C31H33N5O5S/c1-19-17-36(18-20(2)41-19)30-6-4-5-25(35-30)26-9-7-23-15-32-24(14-27(23)34-26)16-33-31(37)22-8-10-28-29(13-22)42(38,39)21(3)11-12-40-28/h4-10,13-15,19-21H,11-12,16-18H2,1-3H3,(H,33,37)/t19-,20+,21-/m1/s1. The number of sulfone groups is 1. The van der Waals surface area contributed by atoms with Crippen LogP contribution in [0.2, 0.25) is 0 Å². The number of ether oxygens (including phenoxy) is 2. The van der Waals surface area contributed by atoms with Crippen LogP contribution in [-0.2, 0) is 21.1 Å². The highest BCUT2D eigenvalue weighted by Gasteiger charge is 2.30. The molecule has 3 atom stereocenters. The van der Waals surface area contributed by atoms with Crippen molar-refractivity contribution in [3.63, 3.8) is 0 Å². The topological polar surface area (TPSA) is 124 Å². The van der Waals surface area contributed by atoms with Gasteiger partial charge in [-0.15, -0.1) is 0 Å². The van der Waals surface area contributed by atoms with Gasteiger partial charge in [-0.25, -0.2) is 18.4 Å². The molecule has 0 radical (unpaired) electrons. The first-order chi connectivity index (χ1) is 20.2. The Bertz CT molecular complexity index is 1750. The molecule has 2 aliphatic heterocycles. The van der Waals surface area contributed by atoms with Crippen LogP contribution in [0.4, 0.5) is 5.82 Å². The van der Waals surface area contributed by atoms with Gasteiger partial charge in [-0.3, -0.25) is 9.78 Å². The Kier molecular flexibility index (Phi) is 7.54. The molecule has 3 aromatic heterocycles. The monoisotopic (exact) mass is 587 g/mol. The minimum Gasteiger partial charge on any atom is -0.492 e. The van der Waals surface area contributed by atoms with Crippen LogP contribution in [0.5, 0.6) is 5.75 Å². The summed E-state index contributed by atoms with van der Waals surface area (Å²) in [5, 5.41) is 3.13. The molecule has 1 N–H and O–H groups in total.